The molecular formula is C25H35FN4O2. The highest BCUT2D eigenvalue weighted by molar-refractivity contribution is 5.95. The second-order valence-electron chi connectivity index (χ2n) is 9.15. The van der Waals surface area contributed by atoms with Gasteiger partial charge in [-0.1, -0.05) is 38.3 Å². The van der Waals surface area contributed by atoms with Crippen LogP contribution in [0.25, 0.3) is 0 Å². The second-order valence-corrected chi connectivity index (χ2v) is 9.15. The standard InChI is InChI=1S/C25H35FN4O2/c1-2-19-7-9-21(10-8-19)29-24(32)25(11-4-3-5-12-25)13-6-14-28-17-23(31)30-18-20(26)15-22(30)16-27/h7-10,20,22,28H,2-6,11-15,17-18H2,1H3,(H,29,32)/t20-,22?/m0/s1. The van der Waals surface area contributed by atoms with E-state index in [0.717, 1.165) is 50.6 Å². The van der Waals surface area contributed by atoms with Gasteiger partial charge >= 0.3 is 0 Å². The zero-order valence-corrected chi connectivity index (χ0v) is 19.0. The van der Waals surface area contributed by atoms with Crippen molar-refractivity contribution >= 4 is 17.5 Å². The third kappa shape index (κ3) is 6.07. The Balaban J connectivity index is 1.48. The van der Waals surface area contributed by atoms with Gasteiger partial charge in [0.15, 0.2) is 0 Å². The molecule has 1 aromatic carbocycles. The van der Waals surface area contributed by atoms with Crippen molar-refractivity contribution in [3.8, 4) is 6.07 Å². The number of nitriles is 1. The van der Waals surface area contributed by atoms with Gasteiger partial charge < -0.3 is 15.5 Å². The highest BCUT2D eigenvalue weighted by Crippen LogP contribution is 2.41. The van der Waals surface area contributed by atoms with Crippen molar-refractivity contribution in [3.63, 3.8) is 0 Å². The van der Waals surface area contributed by atoms with Crippen LogP contribution >= 0.6 is 0 Å². The molecule has 2 fully saturated rings. The van der Waals surface area contributed by atoms with E-state index in [1.807, 2.05) is 30.3 Å². The molecule has 7 heteroatoms. The lowest BCUT2D eigenvalue weighted by atomic mass is 9.70. The first-order valence-corrected chi connectivity index (χ1v) is 11.9. The van der Waals surface area contributed by atoms with Gasteiger partial charge in [-0.05, 0) is 56.3 Å². The molecule has 0 aromatic heterocycles. The van der Waals surface area contributed by atoms with E-state index in [1.54, 1.807) is 0 Å². The summed E-state index contributed by atoms with van der Waals surface area (Å²) >= 11 is 0. The SMILES string of the molecule is CCc1ccc(NC(=O)C2(CCCNCC(=O)N3C[C@@H](F)CC3C#N)CCCCC2)cc1. The Labute approximate surface area is 190 Å². The lowest BCUT2D eigenvalue weighted by molar-refractivity contribution is -0.130. The number of aryl methyl sites for hydroxylation is 1. The molecule has 3 rings (SSSR count). The maximum Gasteiger partial charge on any atom is 0.237 e. The van der Waals surface area contributed by atoms with Crippen LogP contribution in [0.5, 0.6) is 0 Å². The van der Waals surface area contributed by atoms with E-state index in [0.29, 0.717) is 6.54 Å². The molecular weight excluding hydrogens is 407 g/mol. The average Bonchev–Trinajstić information content (AvgIpc) is 3.20. The number of amides is 2. The highest BCUT2D eigenvalue weighted by atomic mass is 19.1. The summed E-state index contributed by atoms with van der Waals surface area (Å²) in [4.78, 5) is 26.9. The predicted molar refractivity (Wildman–Crippen MR) is 123 cm³/mol. The van der Waals surface area contributed by atoms with Gasteiger partial charge in [-0.15, -0.1) is 0 Å². The Morgan fingerprint density at radius 1 is 1.22 bits per heavy atom. The molecule has 1 heterocycles. The van der Waals surface area contributed by atoms with Gasteiger partial charge in [-0.25, -0.2) is 4.39 Å². The fraction of sp³-hybridized carbons (Fsp3) is 0.640. The van der Waals surface area contributed by atoms with Gasteiger partial charge in [0.1, 0.15) is 12.2 Å². The van der Waals surface area contributed by atoms with E-state index >= 15 is 0 Å². The molecule has 2 aliphatic rings. The summed E-state index contributed by atoms with van der Waals surface area (Å²) in [5, 5.41) is 15.4. The van der Waals surface area contributed by atoms with Gasteiger partial charge in [0.25, 0.3) is 0 Å². The van der Waals surface area contributed by atoms with Gasteiger partial charge in [0.2, 0.25) is 11.8 Å². The summed E-state index contributed by atoms with van der Waals surface area (Å²) < 4.78 is 13.5. The largest absolute Gasteiger partial charge is 0.326 e. The molecule has 1 aliphatic carbocycles. The molecule has 1 aromatic rings. The molecule has 2 atom stereocenters. The van der Waals surface area contributed by atoms with Crippen LogP contribution in [0.2, 0.25) is 0 Å². The number of halogens is 1. The first kappa shape index (κ1) is 24.2. The van der Waals surface area contributed by atoms with E-state index in [-0.39, 0.29) is 36.7 Å². The third-order valence-corrected chi connectivity index (χ3v) is 6.92. The number of benzene rings is 1. The first-order chi connectivity index (χ1) is 15.5. The Bertz CT molecular complexity index is 814. The summed E-state index contributed by atoms with van der Waals surface area (Å²) in [6.45, 7) is 2.81. The van der Waals surface area contributed by atoms with E-state index < -0.39 is 12.2 Å². The van der Waals surface area contributed by atoms with Crippen molar-refractivity contribution in [1.82, 2.24) is 10.2 Å². The van der Waals surface area contributed by atoms with Crippen LogP contribution in [0.3, 0.4) is 0 Å². The van der Waals surface area contributed by atoms with Crippen molar-refractivity contribution in [2.75, 3.05) is 25.0 Å². The smallest absolute Gasteiger partial charge is 0.237 e. The van der Waals surface area contributed by atoms with Crippen LogP contribution in [-0.4, -0.2) is 48.6 Å². The maximum absolute atomic E-state index is 13.5. The summed E-state index contributed by atoms with van der Waals surface area (Å²) in [6.07, 6.45) is 6.56. The number of hydrogen-bond acceptors (Lipinski definition) is 4. The van der Waals surface area contributed by atoms with Gasteiger partial charge in [-0.3, -0.25) is 9.59 Å². The second kappa shape index (κ2) is 11.4. The van der Waals surface area contributed by atoms with Crippen LogP contribution in [0.15, 0.2) is 24.3 Å². The molecule has 0 radical (unpaired) electrons. The van der Waals surface area contributed by atoms with Crippen molar-refractivity contribution in [1.29, 1.82) is 5.26 Å². The first-order valence-electron chi connectivity index (χ1n) is 11.9. The summed E-state index contributed by atoms with van der Waals surface area (Å²) in [6, 6.07) is 9.37. The van der Waals surface area contributed by atoms with Crippen molar-refractivity contribution < 1.29 is 14.0 Å². The van der Waals surface area contributed by atoms with Crippen molar-refractivity contribution in [2.24, 2.45) is 5.41 Å². The molecule has 0 spiro atoms. The quantitative estimate of drug-likeness (QED) is 0.567. The van der Waals surface area contributed by atoms with Crippen molar-refractivity contribution in [3.05, 3.63) is 29.8 Å². The lowest BCUT2D eigenvalue weighted by Gasteiger charge is -2.36. The lowest BCUT2D eigenvalue weighted by Crippen LogP contribution is -2.41. The van der Waals surface area contributed by atoms with E-state index in [4.69, 9.17) is 5.26 Å². The van der Waals surface area contributed by atoms with Crippen LogP contribution in [-0.2, 0) is 16.0 Å². The van der Waals surface area contributed by atoms with E-state index in [1.165, 1.54) is 16.9 Å². The number of likely N-dealkylation sites (tertiary alicyclic amines) is 1. The fourth-order valence-corrected chi connectivity index (χ4v) is 4.94. The average molecular weight is 443 g/mol. The molecule has 1 saturated heterocycles. The molecule has 2 N–H and O–H groups in total. The Morgan fingerprint density at radius 2 is 1.94 bits per heavy atom. The summed E-state index contributed by atoms with van der Waals surface area (Å²) in [7, 11) is 0. The molecule has 6 nitrogen and oxygen atoms in total. The Morgan fingerprint density at radius 3 is 2.59 bits per heavy atom. The highest BCUT2D eigenvalue weighted by Gasteiger charge is 2.39. The Hall–Kier alpha value is -2.46. The number of carbonyl (C=O) groups excluding carboxylic acids is 2. The summed E-state index contributed by atoms with van der Waals surface area (Å²) in [5.74, 6) is -0.141. The minimum absolute atomic E-state index is 0.00125. The molecule has 1 saturated carbocycles. The van der Waals surface area contributed by atoms with Gasteiger partial charge in [0.05, 0.1) is 19.2 Å². The molecule has 1 unspecified atom stereocenters. The van der Waals surface area contributed by atoms with Gasteiger partial charge in [-0.2, -0.15) is 5.26 Å². The van der Waals surface area contributed by atoms with Crippen LogP contribution in [0.4, 0.5) is 10.1 Å². The third-order valence-electron chi connectivity index (χ3n) is 6.92. The van der Waals surface area contributed by atoms with Crippen LogP contribution in [0.1, 0.15) is 63.9 Å². The maximum atomic E-state index is 13.5. The van der Waals surface area contributed by atoms with Crippen molar-refractivity contribution in [2.45, 2.75) is 76.9 Å². The number of carbonyl (C=O) groups is 2. The number of alkyl halides is 1. The molecule has 1 aliphatic heterocycles. The molecule has 2 amide bonds. The van der Waals surface area contributed by atoms with E-state index in [9.17, 15) is 14.0 Å². The minimum atomic E-state index is -1.12. The van der Waals surface area contributed by atoms with Crippen LogP contribution < -0.4 is 10.6 Å². The predicted octanol–water partition coefficient (Wildman–Crippen LogP) is 3.97. The van der Waals surface area contributed by atoms with E-state index in [2.05, 4.69) is 17.6 Å². The zero-order chi connectivity index (χ0) is 23.0. The number of nitrogens with one attached hydrogen (secondary N) is 2. The number of nitrogens with zero attached hydrogens (tertiary/aromatic N) is 2. The number of hydrogen-bond donors (Lipinski definition) is 2. The Kier molecular flexibility index (Phi) is 8.63. The normalized spacial score (nSPS) is 22.3. The van der Waals surface area contributed by atoms with Crippen LogP contribution in [0, 0.1) is 16.7 Å². The zero-order valence-electron chi connectivity index (χ0n) is 19.0. The minimum Gasteiger partial charge on any atom is -0.326 e. The molecule has 32 heavy (non-hydrogen) atoms. The number of anilines is 1. The van der Waals surface area contributed by atoms with Gasteiger partial charge in [0, 0.05) is 17.5 Å². The topological polar surface area (TPSA) is 85.2 Å². The monoisotopic (exact) mass is 442 g/mol. The number of rotatable bonds is 9. The molecule has 174 valence electrons. The fourth-order valence-electron chi connectivity index (χ4n) is 4.94. The molecule has 0 bridgehead atoms. The summed E-state index contributed by atoms with van der Waals surface area (Å²) in [5.41, 5.74) is 1.72.